The summed E-state index contributed by atoms with van der Waals surface area (Å²) in [6, 6.07) is 75.0. The fourth-order valence-corrected chi connectivity index (χ4v) is 12.4. The van der Waals surface area contributed by atoms with Crippen LogP contribution in [0.3, 0.4) is 0 Å². The summed E-state index contributed by atoms with van der Waals surface area (Å²) in [5, 5.41) is 29.4. The van der Waals surface area contributed by atoms with Gasteiger partial charge in [0, 0.05) is 56.3 Å². The molecule has 4 unspecified atom stereocenters. The summed E-state index contributed by atoms with van der Waals surface area (Å²) < 4.78 is 0. The summed E-state index contributed by atoms with van der Waals surface area (Å²) in [5.74, 6) is 0.148. The molecule has 0 fully saturated rings. The molecule has 0 radical (unpaired) electrons. The van der Waals surface area contributed by atoms with Crippen molar-refractivity contribution in [2.24, 2.45) is 0 Å². The molecule has 0 spiro atoms. The molecule has 4 atom stereocenters. The fraction of sp³-hybridized carbons (Fsp3) is 0.134. The molecule has 0 saturated heterocycles. The summed E-state index contributed by atoms with van der Waals surface area (Å²) in [6.45, 7) is 4.86. The van der Waals surface area contributed by atoms with E-state index in [0.717, 1.165) is 52.4 Å². The Morgan fingerprint density at radius 2 is 1.10 bits per heavy atom. The van der Waals surface area contributed by atoms with Gasteiger partial charge in [-0.25, -0.2) is 0 Å². The molecule has 2 N–H and O–H groups in total. The molecule has 4 aliphatic carbocycles. The van der Waals surface area contributed by atoms with Crippen LogP contribution < -0.4 is 20.4 Å². The van der Waals surface area contributed by atoms with Crippen LogP contribution >= 0.6 is 0 Å². The lowest BCUT2D eigenvalue weighted by molar-refractivity contribution is 0.549. The van der Waals surface area contributed by atoms with E-state index < -0.39 is 0 Å². The number of allylic oxidation sites excluding steroid dienone is 4. The molecule has 5 aliphatic rings. The van der Waals surface area contributed by atoms with Gasteiger partial charge in [-0.1, -0.05) is 159 Å². The zero-order valence-corrected chi connectivity index (χ0v) is 40.8. The molecule has 0 saturated carbocycles. The third-order valence-corrected chi connectivity index (χ3v) is 15.8. The zero-order valence-electron chi connectivity index (χ0n) is 40.8. The number of fused-ring (bicyclic) bond motifs is 5. The minimum atomic E-state index is -0.298. The number of rotatable bonds is 9. The Labute approximate surface area is 427 Å². The van der Waals surface area contributed by atoms with Crippen molar-refractivity contribution >= 4 is 50.6 Å². The quantitative estimate of drug-likeness (QED) is 0.150. The van der Waals surface area contributed by atoms with E-state index in [1.807, 2.05) is 12.2 Å². The van der Waals surface area contributed by atoms with E-state index in [1.54, 1.807) is 0 Å². The van der Waals surface area contributed by atoms with Crippen molar-refractivity contribution in [3.63, 3.8) is 0 Å². The van der Waals surface area contributed by atoms with Crippen LogP contribution in [0, 0.1) is 22.7 Å². The van der Waals surface area contributed by atoms with Gasteiger partial charge in [0.25, 0.3) is 0 Å². The molecular formula is C67H52N6. The van der Waals surface area contributed by atoms with Gasteiger partial charge in [-0.3, -0.25) is 0 Å². The SMILES string of the molecule is CC1(C)C2=CC(N(c3ccccc3)c3ccccc3)CC=C2C(Cc2ccc(-c3ccc4c5c(cccc35)C3=C4NC4C=C(C#N)C(C#N)=CC4N3)cc2)c2ccc(N(c3ccccc3)c3ccccc3)cc21. The van der Waals surface area contributed by atoms with Crippen LogP contribution in [0.25, 0.3) is 33.3 Å². The largest absolute Gasteiger partial charge is 0.374 e. The van der Waals surface area contributed by atoms with E-state index in [0.29, 0.717) is 11.1 Å². The molecule has 1 heterocycles. The average Bonchev–Trinajstić information content (AvgIpc) is 3.75. The predicted molar refractivity (Wildman–Crippen MR) is 298 cm³/mol. The Morgan fingerprint density at radius 3 is 1.67 bits per heavy atom. The maximum atomic E-state index is 9.78. The number of para-hydroxylation sites is 4. The van der Waals surface area contributed by atoms with Crippen molar-refractivity contribution in [2.45, 2.75) is 56.1 Å². The Kier molecular flexibility index (Phi) is 10.6. The molecule has 13 rings (SSSR count). The lowest BCUT2D eigenvalue weighted by atomic mass is 9.60. The molecule has 0 bridgehead atoms. The van der Waals surface area contributed by atoms with Crippen molar-refractivity contribution in [1.29, 1.82) is 10.5 Å². The predicted octanol–water partition coefficient (Wildman–Crippen LogP) is 15.0. The van der Waals surface area contributed by atoms with Gasteiger partial charge in [0.15, 0.2) is 0 Å². The summed E-state index contributed by atoms with van der Waals surface area (Å²) in [6.07, 6.45) is 10.7. The minimum Gasteiger partial charge on any atom is -0.374 e. The van der Waals surface area contributed by atoms with Crippen LogP contribution in [0.5, 0.6) is 0 Å². The molecule has 1 aliphatic heterocycles. The molecule has 6 heteroatoms. The Bertz CT molecular complexity index is 3610. The lowest BCUT2D eigenvalue weighted by Crippen LogP contribution is -2.50. The number of nitrogens with zero attached hydrogens (tertiary/aromatic N) is 4. The molecular weight excluding hydrogens is 889 g/mol. The number of nitrogens with one attached hydrogen (secondary N) is 2. The second kappa shape index (κ2) is 17.6. The highest BCUT2D eigenvalue weighted by atomic mass is 15.2. The van der Waals surface area contributed by atoms with Crippen LogP contribution in [0.2, 0.25) is 0 Å². The van der Waals surface area contributed by atoms with Crippen molar-refractivity contribution in [3.05, 3.63) is 269 Å². The second-order valence-corrected chi connectivity index (χ2v) is 20.3. The molecule has 0 amide bonds. The second-order valence-electron chi connectivity index (χ2n) is 20.3. The monoisotopic (exact) mass is 940 g/mol. The van der Waals surface area contributed by atoms with Crippen molar-refractivity contribution < 1.29 is 0 Å². The van der Waals surface area contributed by atoms with Gasteiger partial charge in [0.05, 0.1) is 40.7 Å². The van der Waals surface area contributed by atoms with E-state index in [-0.39, 0.29) is 29.5 Å². The minimum absolute atomic E-state index is 0.119. The normalized spacial score (nSPS) is 19.7. The van der Waals surface area contributed by atoms with Gasteiger partial charge in [-0.2, -0.15) is 10.5 Å². The Balaban J connectivity index is 0.878. The number of anilines is 5. The molecule has 8 aromatic rings. The van der Waals surface area contributed by atoms with Crippen LogP contribution in [0.15, 0.2) is 241 Å². The summed E-state index contributed by atoms with van der Waals surface area (Å²) in [4.78, 5) is 4.90. The highest BCUT2D eigenvalue weighted by molar-refractivity contribution is 6.16. The average molecular weight is 941 g/mol. The number of hydrogen-bond donors (Lipinski definition) is 2. The highest BCUT2D eigenvalue weighted by Gasteiger charge is 2.43. The summed E-state index contributed by atoms with van der Waals surface area (Å²) in [7, 11) is 0. The van der Waals surface area contributed by atoms with Gasteiger partial charge < -0.3 is 20.4 Å². The van der Waals surface area contributed by atoms with Gasteiger partial charge in [-0.05, 0) is 130 Å². The Hall–Kier alpha value is -9.10. The number of hydrogen-bond acceptors (Lipinski definition) is 6. The first-order valence-corrected chi connectivity index (χ1v) is 25.4. The lowest BCUT2D eigenvalue weighted by Gasteiger charge is -2.46. The van der Waals surface area contributed by atoms with Crippen molar-refractivity contribution in [2.75, 3.05) is 9.80 Å². The maximum absolute atomic E-state index is 9.78. The third-order valence-electron chi connectivity index (χ3n) is 15.8. The molecule has 0 aromatic heterocycles. The summed E-state index contributed by atoms with van der Waals surface area (Å²) >= 11 is 0. The first-order chi connectivity index (χ1) is 35.9. The van der Waals surface area contributed by atoms with Crippen LogP contribution in [0.4, 0.5) is 28.4 Å². The van der Waals surface area contributed by atoms with E-state index >= 15 is 0 Å². The van der Waals surface area contributed by atoms with Gasteiger partial charge >= 0.3 is 0 Å². The van der Waals surface area contributed by atoms with Crippen LogP contribution in [-0.4, -0.2) is 18.1 Å². The zero-order chi connectivity index (χ0) is 49.2. The first-order valence-electron chi connectivity index (χ1n) is 25.4. The smallest absolute Gasteiger partial charge is 0.100 e. The van der Waals surface area contributed by atoms with E-state index in [1.165, 1.54) is 61.1 Å². The van der Waals surface area contributed by atoms with Crippen LogP contribution in [0.1, 0.15) is 54.0 Å². The maximum Gasteiger partial charge on any atom is 0.100 e. The van der Waals surface area contributed by atoms with Crippen molar-refractivity contribution in [1.82, 2.24) is 10.6 Å². The van der Waals surface area contributed by atoms with E-state index in [2.05, 4.69) is 253 Å². The van der Waals surface area contributed by atoms with Gasteiger partial charge in [0.1, 0.15) is 12.1 Å². The van der Waals surface area contributed by atoms with E-state index in [9.17, 15) is 10.5 Å². The number of nitriles is 2. The standard InChI is InChI=1S/C67H52N6/c1-67(2)60-39-51(72(47-16-7-3-8-17-47)48-18-9-4-10-19-48)30-32-54(60)59(55-33-31-52(40-61(55)67)73(49-20-11-5-12-21-49)50-22-13-6-14-23-50)36-43-26-28-44(29-27-43)53-34-35-58-64-56(53)24-15-25-57(64)65-66(58)71-63-38-46(42-69)45(41-68)37-62(63)70-65/h3-30,32-35,37-40,52,59,62-63,70-71H,31,36H2,1-2H3. The Morgan fingerprint density at radius 1 is 0.548 bits per heavy atom. The van der Waals surface area contributed by atoms with Crippen molar-refractivity contribution in [3.8, 4) is 23.3 Å². The van der Waals surface area contributed by atoms with E-state index in [4.69, 9.17) is 0 Å². The molecule has 73 heavy (non-hydrogen) atoms. The van der Waals surface area contributed by atoms with Gasteiger partial charge in [-0.15, -0.1) is 0 Å². The fourth-order valence-electron chi connectivity index (χ4n) is 12.4. The summed E-state index contributed by atoms with van der Waals surface area (Å²) in [5.41, 5.74) is 19.9. The first kappa shape index (κ1) is 43.9. The topological polar surface area (TPSA) is 78.1 Å². The molecule has 8 aromatic carbocycles. The molecule has 350 valence electrons. The highest BCUT2D eigenvalue weighted by Crippen LogP contribution is 2.54. The molecule has 6 nitrogen and oxygen atoms in total. The van der Waals surface area contributed by atoms with Gasteiger partial charge in [0.2, 0.25) is 0 Å². The third kappa shape index (κ3) is 7.37. The number of benzene rings is 8. The van der Waals surface area contributed by atoms with Crippen LogP contribution in [-0.2, 0) is 11.8 Å².